The molecule has 1 saturated carbocycles. The van der Waals surface area contributed by atoms with E-state index in [-0.39, 0.29) is 12.0 Å². The third kappa shape index (κ3) is 8.10. The van der Waals surface area contributed by atoms with Crippen molar-refractivity contribution in [1.29, 1.82) is 0 Å². The Morgan fingerprint density at radius 2 is 0.850 bits per heavy atom. The number of rotatable bonds is 13. The average molecular weight is 539 g/mol. The molecule has 5 atom stereocenters. The van der Waals surface area contributed by atoms with Crippen LogP contribution >= 0.6 is 0 Å². The molecule has 208 valence electrons. The smallest absolute Gasteiger partial charge is 0.113 e. The van der Waals surface area contributed by atoms with Crippen LogP contribution in [-0.2, 0) is 45.4 Å². The van der Waals surface area contributed by atoms with Crippen LogP contribution in [0.2, 0.25) is 0 Å². The number of aliphatic hydroxyl groups is 1. The Balaban J connectivity index is 1.36. The van der Waals surface area contributed by atoms with Crippen molar-refractivity contribution in [2.24, 2.45) is 5.92 Å². The van der Waals surface area contributed by atoms with Crippen LogP contribution in [0.1, 0.15) is 28.7 Å². The van der Waals surface area contributed by atoms with Gasteiger partial charge < -0.3 is 24.1 Å². The van der Waals surface area contributed by atoms with E-state index in [1.54, 1.807) is 0 Å². The summed E-state index contributed by atoms with van der Waals surface area (Å²) in [6, 6.07) is 40.4. The second-order valence-corrected chi connectivity index (χ2v) is 10.3. The molecule has 4 aromatic carbocycles. The van der Waals surface area contributed by atoms with Crippen molar-refractivity contribution in [3.05, 3.63) is 144 Å². The van der Waals surface area contributed by atoms with E-state index < -0.39 is 18.3 Å². The highest BCUT2D eigenvalue weighted by atomic mass is 16.6. The lowest BCUT2D eigenvalue weighted by Crippen LogP contribution is -2.57. The first kappa shape index (κ1) is 28.2. The van der Waals surface area contributed by atoms with Crippen molar-refractivity contribution >= 4 is 0 Å². The first-order chi connectivity index (χ1) is 19.8. The standard InChI is InChI=1S/C35H38O5/c36-32-21-31(26-37-22-27-13-5-1-6-14-27)33(38-23-28-15-7-2-8-16-28)35(40-25-30-19-11-4-12-20-30)34(32)39-24-29-17-9-3-10-18-29/h1-20,31-36H,21-26H2/t31-,32+,33-,34+,35+/m1/s1. The van der Waals surface area contributed by atoms with Crippen LogP contribution in [0, 0.1) is 5.92 Å². The molecule has 1 N–H and O–H groups in total. The number of ether oxygens (including phenoxy) is 4. The molecule has 5 nitrogen and oxygen atoms in total. The Kier molecular flexibility index (Phi) is 10.5. The van der Waals surface area contributed by atoms with Gasteiger partial charge in [-0.2, -0.15) is 0 Å². The average Bonchev–Trinajstić information content (AvgIpc) is 3.01. The second kappa shape index (κ2) is 14.9. The Morgan fingerprint density at radius 1 is 0.475 bits per heavy atom. The van der Waals surface area contributed by atoms with E-state index in [0.717, 1.165) is 22.3 Å². The fourth-order valence-electron chi connectivity index (χ4n) is 5.24. The molecule has 0 amide bonds. The van der Waals surface area contributed by atoms with Crippen LogP contribution < -0.4 is 0 Å². The Morgan fingerprint density at radius 3 is 1.30 bits per heavy atom. The molecule has 40 heavy (non-hydrogen) atoms. The van der Waals surface area contributed by atoms with Gasteiger partial charge in [-0.3, -0.25) is 0 Å². The summed E-state index contributed by atoms with van der Waals surface area (Å²) in [6.07, 6.45) is -1.58. The van der Waals surface area contributed by atoms with E-state index >= 15 is 0 Å². The van der Waals surface area contributed by atoms with Gasteiger partial charge in [0.1, 0.15) is 12.2 Å². The molecule has 0 aliphatic heterocycles. The van der Waals surface area contributed by atoms with Gasteiger partial charge in [0, 0.05) is 5.92 Å². The number of benzene rings is 4. The lowest BCUT2D eigenvalue weighted by Gasteiger charge is -2.44. The minimum absolute atomic E-state index is 0.0697. The molecule has 0 spiro atoms. The minimum atomic E-state index is -0.716. The number of hydrogen-bond donors (Lipinski definition) is 1. The molecule has 5 heteroatoms. The maximum Gasteiger partial charge on any atom is 0.113 e. The van der Waals surface area contributed by atoms with Gasteiger partial charge in [0.2, 0.25) is 0 Å². The van der Waals surface area contributed by atoms with E-state index in [2.05, 4.69) is 24.3 Å². The maximum atomic E-state index is 11.4. The van der Waals surface area contributed by atoms with Crippen LogP contribution in [0.4, 0.5) is 0 Å². The normalized spacial score (nSPS) is 22.7. The first-order valence-corrected chi connectivity index (χ1v) is 14.0. The monoisotopic (exact) mass is 538 g/mol. The zero-order valence-electron chi connectivity index (χ0n) is 22.8. The molecule has 0 aromatic heterocycles. The highest BCUT2D eigenvalue weighted by molar-refractivity contribution is 5.16. The van der Waals surface area contributed by atoms with Gasteiger partial charge in [-0.1, -0.05) is 121 Å². The summed E-state index contributed by atoms with van der Waals surface area (Å²) in [5.74, 6) is -0.0697. The van der Waals surface area contributed by atoms with Crippen molar-refractivity contribution in [1.82, 2.24) is 0 Å². The zero-order chi connectivity index (χ0) is 27.4. The summed E-state index contributed by atoms with van der Waals surface area (Å²) in [7, 11) is 0. The van der Waals surface area contributed by atoms with Crippen LogP contribution in [0.15, 0.2) is 121 Å². The third-order valence-electron chi connectivity index (χ3n) is 7.33. The summed E-state index contributed by atoms with van der Waals surface area (Å²) in [5.41, 5.74) is 4.30. The molecule has 1 aliphatic rings. The fraction of sp³-hybridized carbons (Fsp3) is 0.314. The van der Waals surface area contributed by atoms with Crippen LogP contribution in [0.25, 0.3) is 0 Å². The van der Waals surface area contributed by atoms with Crippen molar-refractivity contribution in [2.75, 3.05) is 6.61 Å². The van der Waals surface area contributed by atoms with Crippen molar-refractivity contribution in [2.45, 2.75) is 57.3 Å². The lowest BCUT2D eigenvalue weighted by atomic mass is 9.80. The summed E-state index contributed by atoms with van der Waals surface area (Å²) in [5, 5.41) is 11.4. The van der Waals surface area contributed by atoms with Gasteiger partial charge in [0.05, 0.1) is 45.2 Å². The van der Waals surface area contributed by atoms with Gasteiger partial charge in [0.25, 0.3) is 0 Å². The lowest BCUT2D eigenvalue weighted by molar-refractivity contribution is -0.224. The van der Waals surface area contributed by atoms with Gasteiger partial charge in [-0.05, 0) is 28.7 Å². The second-order valence-electron chi connectivity index (χ2n) is 10.3. The van der Waals surface area contributed by atoms with E-state index in [1.807, 2.05) is 97.1 Å². The van der Waals surface area contributed by atoms with Crippen LogP contribution in [0.3, 0.4) is 0 Å². The van der Waals surface area contributed by atoms with Crippen LogP contribution in [-0.4, -0.2) is 36.1 Å². The minimum Gasteiger partial charge on any atom is -0.390 e. The summed E-state index contributed by atoms with van der Waals surface area (Å²) in [4.78, 5) is 0. The van der Waals surface area contributed by atoms with Gasteiger partial charge in [-0.25, -0.2) is 0 Å². The predicted molar refractivity (Wildman–Crippen MR) is 155 cm³/mol. The molecule has 4 aromatic rings. The molecule has 1 fully saturated rings. The Bertz CT molecular complexity index is 1240. The molecule has 0 heterocycles. The van der Waals surface area contributed by atoms with Gasteiger partial charge >= 0.3 is 0 Å². The quantitative estimate of drug-likeness (QED) is 0.215. The zero-order valence-corrected chi connectivity index (χ0v) is 22.8. The SMILES string of the molecule is O[C@H]1C[C@H](COCc2ccccc2)[C@@H](OCc2ccccc2)[C@H](OCc2ccccc2)[C@H]1OCc1ccccc1. The molecule has 0 unspecified atom stereocenters. The van der Waals surface area contributed by atoms with E-state index in [4.69, 9.17) is 18.9 Å². The fourth-order valence-corrected chi connectivity index (χ4v) is 5.24. The molecule has 0 radical (unpaired) electrons. The highest BCUT2D eigenvalue weighted by Crippen LogP contribution is 2.34. The summed E-state index contributed by atoms with van der Waals surface area (Å²) >= 11 is 0. The topological polar surface area (TPSA) is 57.2 Å². The molecule has 0 saturated heterocycles. The molecule has 0 bridgehead atoms. The molecular weight excluding hydrogens is 500 g/mol. The van der Waals surface area contributed by atoms with E-state index in [9.17, 15) is 5.11 Å². The predicted octanol–water partition coefficient (Wildman–Crippen LogP) is 6.34. The number of aliphatic hydroxyl groups excluding tert-OH is 1. The maximum absolute atomic E-state index is 11.4. The third-order valence-corrected chi connectivity index (χ3v) is 7.33. The van der Waals surface area contributed by atoms with Gasteiger partial charge in [-0.15, -0.1) is 0 Å². The van der Waals surface area contributed by atoms with Crippen molar-refractivity contribution in [3.8, 4) is 0 Å². The summed E-state index contributed by atoms with van der Waals surface area (Å²) < 4.78 is 25.8. The summed E-state index contributed by atoms with van der Waals surface area (Å²) in [6.45, 7) is 2.16. The van der Waals surface area contributed by atoms with Crippen LogP contribution in [0.5, 0.6) is 0 Å². The molecule has 5 rings (SSSR count). The Hall–Kier alpha value is -3.32. The highest BCUT2D eigenvalue weighted by Gasteiger charge is 2.46. The first-order valence-electron chi connectivity index (χ1n) is 14.0. The molecular formula is C35H38O5. The van der Waals surface area contributed by atoms with Crippen molar-refractivity contribution in [3.63, 3.8) is 0 Å². The molecule has 1 aliphatic carbocycles. The number of hydrogen-bond acceptors (Lipinski definition) is 5. The van der Waals surface area contributed by atoms with Gasteiger partial charge in [0.15, 0.2) is 0 Å². The Labute approximate surface area is 237 Å². The largest absolute Gasteiger partial charge is 0.390 e. The van der Waals surface area contributed by atoms with E-state index in [1.165, 1.54) is 0 Å². The van der Waals surface area contributed by atoms with Crippen molar-refractivity contribution < 1.29 is 24.1 Å². The van der Waals surface area contributed by atoms with E-state index in [0.29, 0.717) is 39.5 Å².